The summed E-state index contributed by atoms with van der Waals surface area (Å²) in [6, 6.07) is 13.3. The van der Waals surface area contributed by atoms with Gasteiger partial charge in [0.05, 0.1) is 24.0 Å². The minimum absolute atomic E-state index is 0.0758. The molecule has 2 heterocycles. The molecule has 0 radical (unpaired) electrons. The molecule has 3 fully saturated rings. The molecular formula is C24H30N2O5S. The monoisotopic (exact) mass is 458 g/mol. The summed E-state index contributed by atoms with van der Waals surface area (Å²) < 4.78 is 39.1. The normalized spacial score (nSPS) is 23.2. The molecule has 2 saturated heterocycles. The van der Waals surface area contributed by atoms with Gasteiger partial charge in [0.25, 0.3) is 0 Å². The minimum atomic E-state index is -3.69. The highest BCUT2D eigenvalue weighted by molar-refractivity contribution is 7.89. The Hall–Kier alpha value is -2.58. The highest BCUT2D eigenvalue weighted by atomic mass is 32.2. The lowest BCUT2D eigenvalue weighted by molar-refractivity contribution is -0.125. The van der Waals surface area contributed by atoms with Gasteiger partial charge >= 0.3 is 0 Å². The van der Waals surface area contributed by atoms with Gasteiger partial charge < -0.3 is 14.8 Å². The van der Waals surface area contributed by atoms with Crippen molar-refractivity contribution in [3.63, 3.8) is 0 Å². The van der Waals surface area contributed by atoms with Crippen LogP contribution in [0.5, 0.6) is 11.5 Å². The summed E-state index contributed by atoms with van der Waals surface area (Å²) in [5.41, 5.74) is 0.678. The van der Waals surface area contributed by atoms with Crippen molar-refractivity contribution in [1.29, 1.82) is 0 Å². The van der Waals surface area contributed by atoms with Gasteiger partial charge in [-0.1, -0.05) is 0 Å². The molecule has 5 rings (SSSR count). The highest BCUT2D eigenvalue weighted by Gasteiger charge is 2.48. The predicted octanol–water partition coefficient (Wildman–Crippen LogP) is 3.91. The number of benzene rings is 2. The number of amides is 1. The number of hydrogen-bond donors (Lipinski definition) is 1. The van der Waals surface area contributed by atoms with E-state index in [1.165, 1.54) is 4.31 Å². The van der Waals surface area contributed by atoms with Gasteiger partial charge in [-0.2, -0.15) is 4.31 Å². The van der Waals surface area contributed by atoms with Crippen LogP contribution in [0.15, 0.2) is 53.4 Å². The van der Waals surface area contributed by atoms with Crippen LogP contribution in [0, 0.1) is 11.8 Å². The Bertz CT molecular complexity index is 1050. The lowest BCUT2D eigenvalue weighted by atomic mass is 9.73. The van der Waals surface area contributed by atoms with Crippen LogP contribution in [0.25, 0.3) is 0 Å². The molecule has 7 nitrogen and oxygen atoms in total. The van der Waals surface area contributed by atoms with Crippen LogP contribution < -0.4 is 14.8 Å². The van der Waals surface area contributed by atoms with Crippen molar-refractivity contribution >= 4 is 21.6 Å². The van der Waals surface area contributed by atoms with Gasteiger partial charge in [0.2, 0.25) is 15.9 Å². The van der Waals surface area contributed by atoms with Crippen molar-refractivity contribution in [3.8, 4) is 11.5 Å². The van der Waals surface area contributed by atoms with Crippen LogP contribution in [0.2, 0.25) is 0 Å². The quantitative estimate of drug-likeness (QED) is 0.680. The predicted molar refractivity (Wildman–Crippen MR) is 122 cm³/mol. The fraction of sp³-hybridized carbons (Fsp3) is 0.458. The number of carbonyl (C=O) groups is 1. The van der Waals surface area contributed by atoms with Crippen molar-refractivity contribution in [1.82, 2.24) is 4.31 Å². The number of piperidine rings is 2. The number of fused-ring (bicyclic) bond motifs is 3. The molecule has 1 aliphatic carbocycles. The average molecular weight is 459 g/mol. The fourth-order valence-electron chi connectivity index (χ4n) is 4.71. The van der Waals surface area contributed by atoms with E-state index in [1.54, 1.807) is 31.4 Å². The van der Waals surface area contributed by atoms with E-state index >= 15 is 0 Å². The van der Waals surface area contributed by atoms with E-state index in [9.17, 15) is 13.2 Å². The Morgan fingerprint density at radius 2 is 1.69 bits per heavy atom. The molecule has 1 N–H and O–H groups in total. The van der Waals surface area contributed by atoms with Gasteiger partial charge in [0.1, 0.15) is 11.5 Å². The molecule has 2 aromatic carbocycles. The fourth-order valence-corrected chi connectivity index (χ4v) is 6.47. The van der Waals surface area contributed by atoms with Gasteiger partial charge in [-0.25, -0.2) is 8.42 Å². The molecule has 2 aliphatic heterocycles. The zero-order chi connectivity index (χ0) is 22.9. The minimum Gasteiger partial charge on any atom is -0.497 e. The molecule has 3 unspecified atom stereocenters. The van der Waals surface area contributed by atoms with Crippen LogP contribution in [-0.2, 0) is 14.8 Å². The number of anilines is 1. The van der Waals surface area contributed by atoms with Gasteiger partial charge in [0.15, 0.2) is 0 Å². The first kappa shape index (κ1) is 22.6. The molecule has 2 bridgehead atoms. The van der Waals surface area contributed by atoms with Crippen molar-refractivity contribution in [2.24, 2.45) is 11.8 Å². The number of methoxy groups -OCH3 is 1. The van der Waals surface area contributed by atoms with Crippen LogP contribution in [0.4, 0.5) is 5.69 Å². The Labute approximate surface area is 189 Å². The van der Waals surface area contributed by atoms with Gasteiger partial charge in [-0.3, -0.25) is 4.79 Å². The summed E-state index contributed by atoms with van der Waals surface area (Å²) in [4.78, 5) is 13.4. The first-order valence-corrected chi connectivity index (χ1v) is 12.5. The topological polar surface area (TPSA) is 84.9 Å². The Kier molecular flexibility index (Phi) is 6.44. The van der Waals surface area contributed by atoms with E-state index in [2.05, 4.69) is 5.32 Å². The molecule has 8 heteroatoms. The average Bonchev–Trinajstić information content (AvgIpc) is 2.80. The molecular weight excluding hydrogens is 428 g/mol. The Morgan fingerprint density at radius 3 is 2.28 bits per heavy atom. The number of sulfonamides is 1. The van der Waals surface area contributed by atoms with E-state index < -0.39 is 10.0 Å². The van der Waals surface area contributed by atoms with Gasteiger partial charge in [0, 0.05) is 18.3 Å². The summed E-state index contributed by atoms with van der Waals surface area (Å²) in [6.07, 6.45) is 2.43. The zero-order valence-corrected chi connectivity index (χ0v) is 19.5. The molecule has 0 aromatic heterocycles. The number of ether oxygens (including phenoxy) is 2. The third-order valence-electron chi connectivity index (χ3n) is 6.23. The second-order valence-electron chi connectivity index (χ2n) is 8.78. The summed E-state index contributed by atoms with van der Waals surface area (Å²) >= 11 is 0. The van der Waals surface area contributed by atoms with Gasteiger partial charge in [-0.05, 0) is 87.6 Å². The third-order valence-corrected chi connectivity index (χ3v) is 8.13. The van der Waals surface area contributed by atoms with Gasteiger partial charge in [-0.15, -0.1) is 0 Å². The van der Waals surface area contributed by atoms with Crippen molar-refractivity contribution < 1.29 is 22.7 Å². The van der Waals surface area contributed by atoms with Crippen LogP contribution in [-0.4, -0.2) is 44.4 Å². The number of nitrogens with zero attached hydrogens (tertiary/aromatic N) is 1. The summed E-state index contributed by atoms with van der Waals surface area (Å²) in [7, 11) is -2.15. The van der Waals surface area contributed by atoms with Crippen molar-refractivity contribution in [3.05, 3.63) is 48.5 Å². The molecule has 0 spiro atoms. The second kappa shape index (κ2) is 9.11. The van der Waals surface area contributed by atoms with Crippen LogP contribution in [0.3, 0.4) is 0 Å². The number of carbonyl (C=O) groups excluding carboxylic acids is 1. The first-order chi connectivity index (χ1) is 15.3. The van der Waals surface area contributed by atoms with E-state index in [0.29, 0.717) is 30.8 Å². The van der Waals surface area contributed by atoms with E-state index in [-0.39, 0.29) is 34.8 Å². The van der Waals surface area contributed by atoms with Crippen LogP contribution in [0.1, 0.15) is 33.1 Å². The third kappa shape index (κ3) is 4.61. The summed E-state index contributed by atoms with van der Waals surface area (Å²) in [6.45, 7) is 4.38. The molecule has 3 aliphatic rings. The van der Waals surface area contributed by atoms with E-state index in [1.807, 2.05) is 38.1 Å². The maximum atomic E-state index is 13.4. The Balaban J connectivity index is 1.50. The van der Waals surface area contributed by atoms with Crippen molar-refractivity contribution in [2.75, 3.05) is 19.0 Å². The highest BCUT2D eigenvalue weighted by Crippen LogP contribution is 2.42. The molecule has 1 saturated carbocycles. The maximum absolute atomic E-state index is 13.4. The second-order valence-corrected chi connectivity index (χ2v) is 10.7. The molecule has 2 aromatic rings. The van der Waals surface area contributed by atoms with E-state index in [4.69, 9.17) is 9.47 Å². The number of hydrogen-bond acceptors (Lipinski definition) is 5. The zero-order valence-electron chi connectivity index (χ0n) is 18.7. The molecule has 3 atom stereocenters. The first-order valence-electron chi connectivity index (χ1n) is 11.0. The maximum Gasteiger partial charge on any atom is 0.243 e. The Morgan fingerprint density at radius 1 is 1.03 bits per heavy atom. The van der Waals surface area contributed by atoms with Crippen LogP contribution >= 0.6 is 0 Å². The van der Waals surface area contributed by atoms with E-state index in [0.717, 1.165) is 12.2 Å². The number of rotatable bonds is 7. The molecule has 32 heavy (non-hydrogen) atoms. The van der Waals surface area contributed by atoms with Crippen molar-refractivity contribution in [2.45, 2.75) is 50.2 Å². The lowest BCUT2D eigenvalue weighted by Crippen LogP contribution is -2.57. The SMILES string of the molecule is COc1ccc(S(=O)(=O)N2CC3CCC2C(C(=O)Nc2ccc(OC(C)C)cc2)C3)cc1. The number of nitrogens with one attached hydrogen (secondary N) is 1. The molecule has 1 amide bonds. The molecule has 172 valence electrons. The lowest BCUT2D eigenvalue weighted by Gasteiger charge is -2.48. The largest absolute Gasteiger partial charge is 0.497 e. The summed E-state index contributed by atoms with van der Waals surface area (Å²) in [5.74, 6) is 1.03. The smallest absolute Gasteiger partial charge is 0.243 e. The summed E-state index contributed by atoms with van der Waals surface area (Å²) in [5, 5.41) is 2.97. The standard InChI is InChI=1S/C24H30N2O5S/c1-16(2)31-20-7-5-18(6-8-20)25-24(27)22-14-17-4-13-23(22)26(15-17)32(28,29)21-11-9-19(30-3)10-12-21/h5-12,16-17,22-23H,4,13-15H2,1-3H3,(H,25,27).